The zero-order chi connectivity index (χ0) is 86.4. The van der Waals surface area contributed by atoms with Crippen LogP contribution < -0.4 is 68.2 Å². The van der Waals surface area contributed by atoms with Crippen LogP contribution in [0, 0.1) is 29.1 Å². The molecule has 0 spiro atoms. The molecule has 1 radical (unpaired) electrons. The molecule has 0 unspecified atom stereocenters. The lowest BCUT2D eigenvalue weighted by molar-refractivity contribution is -0.287. The van der Waals surface area contributed by atoms with Crippen molar-refractivity contribution in [3.63, 3.8) is 0 Å². The number of nitrogens with zero attached hydrogens (tertiary/aromatic N) is 4. The number of nitrogens with two attached hydrogens (primary N) is 5. The van der Waals surface area contributed by atoms with Gasteiger partial charge in [0.2, 0.25) is 0 Å². The number of hydrogen-bond donors (Lipinski definition) is 9. The number of alkyl halides is 4. The highest BCUT2D eigenvalue weighted by molar-refractivity contribution is 9.11. The molecule has 2 fully saturated rings. The number of carbonyl (C=O) groups excluding carboxylic acids is 4. The zero-order valence-corrected chi connectivity index (χ0v) is 67.6. The quantitative estimate of drug-likeness (QED) is 0.0330. The second kappa shape index (κ2) is 38.5. The maximum Gasteiger partial charge on any atom is 0.586 e. The van der Waals surface area contributed by atoms with Crippen LogP contribution >= 0.6 is 66.7 Å². The third kappa shape index (κ3) is 24.4. The molecule has 2 saturated heterocycles. The van der Waals surface area contributed by atoms with E-state index in [-0.39, 0.29) is 124 Å². The Balaban J connectivity index is 0.000000176. The number of anilines is 8. The normalized spacial score (nSPS) is 15.1. The number of benzene rings is 6. The second-order valence-corrected chi connectivity index (χ2v) is 29.1. The van der Waals surface area contributed by atoms with Crippen LogP contribution in [-0.2, 0) is 18.6 Å². The monoisotopic (exact) mass is 1810 g/mol. The summed E-state index contributed by atoms with van der Waals surface area (Å²) in [6.45, 7) is 16.2. The predicted molar refractivity (Wildman–Crippen MR) is 429 cm³/mol. The lowest BCUT2D eigenvalue weighted by atomic mass is 9.49. The van der Waals surface area contributed by atoms with Gasteiger partial charge in [-0.25, -0.2) is 41.9 Å². The van der Waals surface area contributed by atoms with Crippen molar-refractivity contribution in [1.29, 1.82) is 0 Å². The van der Waals surface area contributed by atoms with Gasteiger partial charge in [-0.3, -0.25) is 19.2 Å². The van der Waals surface area contributed by atoms with Crippen molar-refractivity contribution in [3.05, 3.63) is 240 Å². The second-order valence-electron chi connectivity index (χ2n) is 26.2. The van der Waals surface area contributed by atoms with E-state index in [1.165, 1.54) is 109 Å². The minimum atomic E-state index is -3.78. The largest absolute Gasteiger partial charge is 0.586 e. The molecule has 14 N–H and O–H groups in total. The predicted octanol–water partition coefficient (Wildman–Crippen LogP) is 16.7. The van der Waals surface area contributed by atoms with Crippen LogP contribution in [0.3, 0.4) is 0 Å². The molecule has 10 aromatic rings. The summed E-state index contributed by atoms with van der Waals surface area (Å²) < 4.78 is 164. The number of nitrogens with one attached hydrogen (secondary N) is 3. The van der Waals surface area contributed by atoms with E-state index in [0.717, 1.165) is 22.7 Å². The van der Waals surface area contributed by atoms with E-state index < -0.39 is 78.7 Å². The molecule has 117 heavy (non-hydrogen) atoms. The summed E-state index contributed by atoms with van der Waals surface area (Å²) in [5.41, 5.74) is 26.6. The van der Waals surface area contributed by atoms with Gasteiger partial charge in [0.15, 0.2) is 28.8 Å². The van der Waals surface area contributed by atoms with Crippen LogP contribution in [0.15, 0.2) is 179 Å². The van der Waals surface area contributed by atoms with Gasteiger partial charge in [-0.2, -0.15) is 0 Å². The van der Waals surface area contributed by atoms with Crippen molar-refractivity contribution in [1.82, 2.24) is 19.9 Å². The van der Waals surface area contributed by atoms with Crippen molar-refractivity contribution in [2.75, 3.05) is 44.6 Å². The molecule has 4 aliphatic rings. The van der Waals surface area contributed by atoms with E-state index in [1.807, 2.05) is 55.4 Å². The summed E-state index contributed by atoms with van der Waals surface area (Å²) in [7, 11) is -0.488. The smallest absolute Gasteiger partial charge is 0.535 e. The fraction of sp³-hybridized carbons (Fsp3) is 0.189. The van der Waals surface area contributed by atoms with Crippen molar-refractivity contribution in [2.24, 2.45) is 0 Å². The highest BCUT2D eigenvalue weighted by Crippen LogP contribution is 2.48. The molecule has 26 nitrogen and oxygen atoms in total. The molecule has 6 aromatic carbocycles. The summed E-state index contributed by atoms with van der Waals surface area (Å²) in [5.74, 6) is -4.58. The van der Waals surface area contributed by atoms with Crippen LogP contribution in [0.25, 0.3) is 11.1 Å². The number of nitrogen functional groups attached to an aromatic ring is 5. The maximum atomic E-state index is 13.7. The lowest BCUT2D eigenvalue weighted by Crippen LogP contribution is -2.41. The first-order valence-electron chi connectivity index (χ1n) is 33.6. The summed E-state index contributed by atoms with van der Waals surface area (Å²) >= 11 is 22.9. The van der Waals surface area contributed by atoms with E-state index in [9.17, 15) is 58.7 Å². The van der Waals surface area contributed by atoms with E-state index >= 15 is 0 Å². The number of hydrogen-bond acceptors (Lipinski definition) is 23. The highest BCUT2D eigenvalue weighted by Gasteiger charge is 2.64. The van der Waals surface area contributed by atoms with Gasteiger partial charge in [0.25, 0.3) is 23.0 Å². The molecule has 3 amide bonds. The van der Waals surface area contributed by atoms with E-state index in [2.05, 4.69) is 91.3 Å². The molecular weight excluding hydrogens is 1750 g/mol. The molecule has 613 valence electrons. The average molecular weight is 1820 g/mol. The molecule has 0 atom stereocenters. The third-order valence-electron chi connectivity index (χ3n) is 16.9. The van der Waals surface area contributed by atoms with Gasteiger partial charge in [-0.15, -0.1) is 17.6 Å². The first-order chi connectivity index (χ1) is 54.7. The Labute approximate surface area is 694 Å². The molecule has 14 rings (SSSR count). The minimum Gasteiger partial charge on any atom is -0.535 e. The first kappa shape index (κ1) is 91.7. The lowest BCUT2D eigenvalue weighted by Gasteiger charge is -2.32. The SMILES string of the molecule is CC1(C)OB(B2OC(C)(C)C(C)(C)O2)OC1(C)C.Fc1cc2c(cc1Cl)OC(F)(F)O2.Nc1ccc(Br)c(N)n1.Nc1nc(NC(=O)c2ccccc2F)ccc1-c1cc2c(cc1Cl)OC(F)(F)O2.Nc1nc(NC(=O)c2ccccc2F)ccc1Br.Nc1nc(NC(=O)c2ccccc2F)ccc1O[B]O.O=C(Cl)c1ccccc1F. The number of amides is 3. The van der Waals surface area contributed by atoms with E-state index in [0.29, 0.717) is 29.4 Å². The summed E-state index contributed by atoms with van der Waals surface area (Å²) in [6.07, 6.45) is -7.52. The Bertz CT molecular complexity index is 5230. The number of pyridine rings is 4. The maximum absolute atomic E-state index is 13.7. The van der Waals surface area contributed by atoms with E-state index in [4.69, 9.17) is 87.1 Å². The van der Waals surface area contributed by atoms with Crippen LogP contribution in [-0.4, -0.2) is 105 Å². The number of fused-ring (bicyclic) bond motifs is 2. The van der Waals surface area contributed by atoms with Crippen molar-refractivity contribution in [2.45, 2.75) is 90.4 Å². The Hall–Kier alpha value is -10.8. The molecular formula is C74H66B3Br2Cl3F9N12O14. The van der Waals surface area contributed by atoms with Gasteiger partial charge in [0.05, 0.1) is 63.6 Å². The van der Waals surface area contributed by atoms with Crippen LogP contribution in [0.5, 0.6) is 28.7 Å². The van der Waals surface area contributed by atoms with Gasteiger partial charge in [0.1, 0.15) is 75.6 Å². The average Bonchev–Trinajstić information content (AvgIpc) is 1.60. The fourth-order valence-corrected chi connectivity index (χ4v) is 10.7. The summed E-state index contributed by atoms with van der Waals surface area (Å²) in [4.78, 5) is 61.8. The number of halogens is 14. The summed E-state index contributed by atoms with van der Waals surface area (Å²) in [5, 5.41) is 14.8. The molecule has 4 aromatic heterocycles. The van der Waals surface area contributed by atoms with Crippen LogP contribution in [0.2, 0.25) is 10.0 Å². The molecule has 0 saturated carbocycles. The van der Waals surface area contributed by atoms with Crippen molar-refractivity contribution in [3.8, 4) is 39.9 Å². The van der Waals surface area contributed by atoms with Gasteiger partial charge in [-0.1, -0.05) is 71.7 Å². The van der Waals surface area contributed by atoms with Gasteiger partial charge in [0, 0.05) is 29.3 Å². The number of rotatable bonds is 11. The van der Waals surface area contributed by atoms with Gasteiger partial charge < -0.3 is 91.9 Å². The summed E-state index contributed by atoms with van der Waals surface area (Å²) in [6, 6.07) is 38.8. The molecule has 8 heterocycles. The number of ether oxygens (including phenoxy) is 4. The van der Waals surface area contributed by atoms with Crippen molar-refractivity contribution >= 4 is 158 Å². The fourth-order valence-electron chi connectivity index (χ4n) is 9.69. The molecule has 4 aliphatic heterocycles. The topological polar surface area (TPSA) is 389 Å². The zero-order valence-electron chi connectivity index (χ0n) is 62.1. The Morgan fingerprint density at radius 1 is 0.427 bits per heavy atom. The Kier molecular flexibility index (Phi) is 30.2. The first-order valence-corrected chi connectivity index (χ1v) is 36.3. The molecule has 43 heteroatoms. The number of aromatic nitrogens is 4. The van der Waals surface area contributed by atoms with Gasteiger partial charge in [-0.05, 0) is 202 Å². The number of carbonyl (C=O) groups is 4. The Morgan fingerprint density at radius 3 is 1.11 bits per heavy atom. The van der Waals surface area contributed by atoms with Crippen molar-refractivity contribution < 1.29 is 106 Å². The van der Waals surface area contributed by atoms with Crippen LogP contribution in [0.4, 0.5) is 86.1 Å². The third-order valence-corrected chi connectivity index (χ3v) is 19.1. The minimum absolute atomic E-state index is 0.0263. The highest BCUT2D eigenvalue weighted by atomic mass is 79.9. The molecule has 0 bridgehead atoms. The molecule has 0 aliphatic carbocycles. The van der Waals surface area contributed by atoms with Crippen LogP contribution in [0.1, 0.15) is 96.8 Å². The van der Waals surface area contributed by atoms with E-state index in [1.54, 1.807) is 42.5 Å². The standard InChI is InChI=1S/C19H11ClF3N3O3.C12H24B2O4.C12H10BFN3O3.C12H9BrFN3O.C7H2ClF3O2.C7H4ClFO.C5H6BrN3/c20-12-8-15-14(28-19(22,23)29-15)7-11(12)9-5-6-16(25-17(9)24)26-18(27)10-3-1-2-4-13(10)21;1-9(2)10(3,4)16-13(15-9)14-17-11(5,6)12(7,8)18-14;14-8-4-2-1-3-7(8)12(18)17-10-6-5-9(20-13-19)11(15)16-10;13-8-5-6-10(16-11(8)15)17-12(18)7-3-1-2-4-9(7)14;8-3-1-5-6(2-4(3)9)13-7(10,11)12-5;8-7(10)5-3-1-2-4-6(5)9;6-3-1-2-4(7)9-5(3)8/h1-8H,(H3,24,25,26,27);1-8H3;1-6,19H,(H3,15,16,17,18);1-6H,(H3,15,16,17,18);1-2H;1-4H;1-2H,(H4,7,8,9). The Morgan fingerprint density at radius 2 is 0.761 bits per heavy atom. The van der Waals surface area contributed by atoms with Gasteiger partial charge >= 0.3 is 34.3 Å².